The number of sulfonamides is 1. The molecule has 0 aliphatic carbocycles. The highest BCUT2D eigenvalue weighted by atomic mass is 32.2. The molecule has 1 aromatic heterocycles. The number of rotatable bonds is 8. The van der Waals surface area contributed by atoms with Crippen LogP contribution >= 0.6 is 0 Å². The van der Waals surface area contributed by atoms with Crippen molar-refractivity contribution in [3.8, 4) is 0 Å². The number of carbonyl (C=O) groups is 2. The third kappa shape index (κ3) is 5.93. The second-order valence-corrected chi connectivity index (χ2v) is 7.92. The lowest BCUT2D eigenvalue weighted by Gasteiger charge is -2.12. The lowest BCUT2D eigenvalue weighted by Crippen LogP contribution is -2.42. The van der Waals surface area contributed by atoms with Crippen LogP contribution in [0.2, 0.25) is 0 Å². The van der Waals surface area contributed by atoms with Gasteiger partial charge in [0.25, 0.3) is 0 Å². The molecule has 0 aliphatic heterocycles. The Kier molecular flexibility index (Phi) is 6.75. The Labute approximate surface area is 158 Å². The van der Waals surface area contributed by atoms with E-state index in [1.807, 2.05) is 13.8 Å². The van der Waals surface area contributed by atoms with Crippen molar-refractivity contribution in [1.29, 1.82) is 0 Å². The van der Waals surface area contributed by atoms with Crippen LogP contribution in [0.4, 0.5) is 0 Å². The van der Waals surface area contributed by atoms with Crippen molar-refractivity contribution in [2.75, 3.05) is 13.1 Å². The first-order chi connectivity index (χ1) is 12.7. The third-order valence-corrected chi connectivity index (χ3v) is 5.40. The maximum atomic E-state index is 12.2. The maximum absolute atomic E-state index is 12.2. The molecule has 0 saturated carbocycles. The van der Waals surface area contributed by atoms with Gasteiger partial charge in [0, 0.05) is 0 Å². The summed E-state index contributed by atoms with van der Waals surface area (Å²) in [5.74, 6) is -0.427. The summed E-state index contributed by atoms with van der Waals surface area (Å²) in [6.45, 7) is 4.70. The molecule has 0 aliphatic rings. The highest BCUT2D eigenvalue weighted by Crippen LogP contribution is 2.14. The van der Waals surface area contributed by atoms with Gasteiger partial charge < -0.3 is 15.1 Å². The Balaban J connectivity index is 1.79. The molecule has 3 N–H and O–H groups in total. The Morgan fingerprint density at radius 1 is 1.07 bits per heavy atom. The van der Waals surface area contributed by atoms with Gasteiger partial charge in [-0.2, -0.15) is 0 Å². The molecule has 0 saturated heterocycles. The molecule has 9 heteroatoms. The number of furan rings is 1. The van der Waals surface area contributed by atoms with Crippen molar-refractivity contribution in [2.45, 2.75) is 31.7 Å². The normalized spacial score (nSPS) is 12.4. The molecule has 0 radical (unpaired) electrons. The predicted molar refractivity (Wildman–Crippen MR) is 99.4 cm³/mol. The topological polar surface area (TPSA) is 118 Å². The van der Waals surface area contributed by atoms with Crippen molar-refractivity contribution in [1.82, 2.24) is 15.4 Å². The predicted octanol–water partition coefficient (Wildman–Crippen LogP) is 1.17. The van der Waals surface area contributed by atoms with Gasteiger partial charge in [-0.1, -0.05) is 6.07 Å². The fourth-order valence-corrected chi connectivity index (χ4v) is 3.33. The van der Waals surface area contributed by atoms with Crippen LogP contribution in [0.1, 0.15) is 29.9 Å². The molecule has 2 aromatic rings. The van der Waals surface area contributed by atoms with E-state index in [4.69, 9.17) is 4.42 Å². The molecule has 2 rings (SSSR count). The number of nitrogens with one attached hydrogen (secondary N) is 3. The Bertz CT molecular complexity index is 907. The number of carbonyl (C=O) groups excluding carboxylic acids is 2. The molecule has 0 bridgehead atoms. The smallest absolute Gasteiger partial charge is 0.241 e. The van der Waals surface area contributed by atoms with Crippen LogP contribution in [0.3, 0.4) is 0 Å². The molecular formula is C18H23N3O5S. The highest BCUT2D eigenvalue weighted by molar-refractivity contribution is 7.89. The van der Waals surface area contributed by atoms with Crippen molar-refractivity contribution in [3.05, 3.63) is 53.5 Å². The van der Waals surface area contributed by atoms with Gasteiger partial charge in [-0.3, -0.25) is 9.59 Å². The number of hydrogen-bond donors (Lipinski definition) is 3. The van der Waals surface area contributed by atoms with Crippen LogP contribution in [-0.2, 0) is 19.6 Å². The SMILES string of the molecule is Cc1ccc(S(=O)(=O)NCC(=O)NCC(=O)N[C@H](C)c2ccco2)cc1C. The molecular weight excluding hydrogens is 370 g/mol. The van der Waals surface area contributed by atoms with E-state index in [1.165, 1.54) is 12.3 Å². The monoisotopic (exact) mass is 393 g/mol. The van der Waals surface area contributed by atoms with Crippen LogP contribution in [0.15, 0.2) is 45.9 Å². The van der Waals surface area contributed by atoms with Crippen molar-refractivity contribution >= 4 is 21.8 Å². The fourth-order valence-electron chi connectivity index (χ4n) is 2.27. The maximum Gasteiger partial charge on any atom is 0.241 e. The zero-order chi connectivity index (χ0) is 20.0. The molecule has 1 heterocycles. The average molecular weight is 393 g/mol. The first-order valence-corrected chi connectivity index (χ1v) is 9.84. The fraction of sp³-hybridized carbons (Fsp3) is 0.333. The average Bonchev–Trinajstić information content (AvgIpc) is 3.15. The van der Waals surface area contributed by atoms with Crippen LogP contribution < -0.4 is 15.4 Å². The zero-order valence-corrected chi connectivity index (χ0v) is 16.2. The van der Waals surface area contributed by atoms with Gasteiger partial charge in [0.1, 0.15) is 5.76 Å². The van der Waals surface area contributed by atoms with Gasteiger partial charge in [-0.15, -0.1) is 0 Å². The molecule has 0 unspecified atom stereocenters. The van der Waals surface area contributed by atoms with Crippen molar-refractivity contribution < 1.29 is 22.4 Å². The second kappa shape index (κ2) is 8.83. The summed E-state index contributed by atoms with van der Waals surface area (Å²) in [6, 6.07) is 7.82. The summed E-state index contributed by atoms with van der Waals surface area (Å²) in [6.07, 6.45) is 1.50. The quantitative estimate of drug-likeness (QED) is 0.622. The minimum Gasteiger partial charge on any atom is -0.467 e. The number of benzene rings is 1. The van der Waals surface area contributed by atoms with Crippen molar-refractivity contribution in [2.24, 2.45) is 0 Å². The molecule has 1 atom stereocenters. The van der Waals surface area contributed by atoms with Gasteiger partial charge in [0.15, 0.2) is 0 Å². The summed E-state index contributed by atoms with van der Waals surface area (Å²) < 4.78 is 31.9. The number of hydrogen-bond acceptors (Lipinski definition) is 5. The first kappa shape index (κ1) is 20.7. The van der Waals surface area contributed by atoms with Gasteiger partial charge >= 0.3 is 0 Å². The Morgan fingerprint density at radius 3 is 2.44 bits per heavy atom. The number of amides is 2. The zero-order valence-electron chi connectivity index (χ0n) is 15.4. The van der Waals surface area contributed by atoms with E-state index >= 15 is 0 Å². The van der Waals surface area contributed by atoms with Gasteiger partial charge in [-0.05, 0) is 56.2 Å². The van der Waals surface area contributed by atoms with Crippen LogP contribution in [0.25, 0.3) is 0 Å². The summed E-state index contributed by atoms with van der Waals surface area (Å²) in [5.41, 5.74) is 1.81. The van der Waals surface area contributed by atoms with E-state index in [-0.39, 0.29) is 17.5 Å². The van der Waals surface area contributed by atoms with E-state index < -0.39 is 28.4 Å². The summed E-state index contributed by atoms with van der Waals surface area (Å²) in [5, 5.41) is 5.03. The minimum absolute atomic E-state index is 0.0865. The molecule has 27 heavy (non-hydrogen) atoms. The molecule has 8 nitrogen and oxygen atoms in total. The highest BCUT2D eigenvalue weighted by Gasteiger charge is 2.17. The molecule has 0 fully saturated rings. The standard InChI is InChI=1S/C18H23N3O5S/c1-12-6-7-15(9-13(12)2)27(24,25)20-11-17(22)19-10-18(23)21-14(3)16-5-4-8-26-16/h4-9,14,20H,10-11H2,1-3H3,(H,19,22)(H,21,23)/t14-/m1/s1. The van der Waals surface area contributed by atoms with E-state index in [2.05, 4.69) is 15.4 Å². The summed E-state index contributed by atoms with van der Waals surface area (Å²) in [7, 11) is -3.81. The van der Waals surface area contributed by atoms with Gasteiger partial charge in [0.2, 0.25) is 21.8 Å². The third-order valence-electron chi connectivity index (χ3n) is 4.00. The summed E-state index contributed by atoms with van der Waals surface area (Å²) in [4.78, 5) is 23.7. The lowest BCUT2D eigenvalue weighted by atomic mass is 10.1. The van der Waals surface area contributed by atoms with Crippen LogP contribution in [-0.4, -0.2) is 33.3 Å². The van der Waals surface area contributed by atoms with Crippen LogP contribution in [0, 0.1) is 13.8 Å². The largest absolute Gasteiger partial charge is 0.467 e. The van der Waals surface area contributed by atoms with E-state index in [0.717, 1.165) is 11.1 Å². The van der Waals surface area contributed by atoms with Crippen molar-refractivity contribution in [3.63, 3.8) is 0 Å². The Hall–Kier alpha value is -2.65. The first-order valence-electron chi connectivity index (χ1n) is 8.35. The lowest BCUT2D eigenvalue weighted by molar-refractivity contribution is -0.125. The number of aryl methyl sites for hydroxylation is 2. The minimum atomic E-state index is -3.81. The summed E-state index contributed by atoms with van der Waals surface area (Å²) >= 11 is 0. The van der Waals surface area contributed by atoms with Gasteiger partial charge in [0.05, 0.1) is 30.3 Å². The van der Waals surface area contributed by atoms with E-state index in [9.17, 15) is 18.0 Å². The second-order valence-electron chi connectivity index (χ2n) is 6.15. The molecule has 1 aromatic carbocycles. The van der Waals surface area contributed by atoms with E-state index in [0.29, 0.717) is 5.76 Å². The molecule has 146 valence electrons. The molecule has 0 spiro atoms. The van der Waals surface area contributed by atoms with E-state index in [1.54, 1.807) is 31.2 Å². The Morgan fingerprint density at radius 2 is 1.81 bits per heavy atom. The van der Waals surface area contributed by atoms with Gasteiger partial charge in [-0.25, -0.2) is 13.1 Å². The van der Waals surface area contributed by atoms with Crippen LogP contribution in [0.5, 0.6) is 0 Å². The molecule has 2 amide bonds.